The van der Waals surface area contributed by atoms with Gasteiger partial charge >= 0.3 is 0 Å². The first kappa shape index (κ1) is 34.6. The topological polar surface area (TPSA) is 171 Å². The van der Waals surface area contributed by atoms with Crippen LogP contribution in [0.25, 0.3) is 10.8 Å². The van der Waals surface area contributed by atoms with Crippen molar-refractivity contribution in [3.8, 4) is 5.75 Å². The fourth-order valence-corrected chi connectivity index (χ4v) is 7.15. The fourth-order valence-electron chi connectivity index (χ4n) is 7.15. The average molecular weight is 747 g/mol. The van der Waals surface area contributed by atoms with Crippen molar-refractivity contribution in [2.45, 2.75) is 0 Å². The van der Waals surface area contributed by atoms with Crippen LogP contribution in [-0.2, 0) is 0 Å². The molecule has 0 spiro atoms. The van der Waals surface area contributed by atoms with E-state index in [0.29, 0.717) is 16.5 Å². The molecule has 0 aromatic heterocycles. The molecule has 2 aliphatic rings. The molecular weight excluding hydrogens is 721 g/mol. The summed E-state index contributed by atoms with van der Waals surface area (Å²) in [6.07, 6.45) is 0. The molecule has 7 aromatic carbocycles. The van der Waals surface area contributed by atoms with Crippen LogP contribution in [0.2, 0.25) is 0 Å². The van der Waals surface area contributed by atoms with Crippen molar-refractivity contribution in [2.75, 3.05) is 10.6 Å². The summed E-state index contributed by atoms with van der Waals surface area (Å²) in [6.45, 7) is 0. The van der Waals surface area contributed by atoms with Crippen molar-refractivity contribution < 1.29 is 33.9 Å². The number of rotatable bonds is 6. The summed E-state index contributed by atoms with van der Waals surface area (Å²) < 4.78 is 0. The molecule has 3 N–H and O–H groups in total. The number of azo groups is 1. The van der Waals surface area contributed by atoms with E-state index in [1.807, 2.05) is 12.1 Å². The zero-order valence-electron chi connectivity index (χ0n) is 29.6. The molecule has 0 fully saturated rings. The molecule has 0 unspecified atom stereocenters. The van der Waals surface area contributed by atoms with Gasteiger partial charge in [-0.2, -0.15) is 5.11 Å². The molecule has 9 rings (SSSR count). The van der Waals surface area contributed by atoms with Gasteiger partial charge in [0.05, 0.1) is 5.69 Å². The fraction of sp³-hybridized carbons (Fsp3) is 0. The van der Waals surface area contributed by atoms with Crippen molar-refractivity contribution in [1.82, 2.24) is 0 Å². The summed E-state index contributed by atoms with van der Waals surface area (Å²) in [4.78, 5) is 80.7. The van der Waals surface area contributed by atoms with E-state index in [0.717, 1.165) is 5.39 Å². The number of aromatic hydroxyl groups is 1. The summed E-state index contributed by atoms with van der Waals surface area (Å²) in [6, 6.07) is 36.6. The normalized spacial score (nSPS) is 12.8. The molecule has 0 atom stereocenters. The van der Waals surface area contributed by atoms with Crippen molar-refractivity contribution in [3.63, 3.8) is 0 Å². The summed E-state index contributed by atoms with van der Waals surface area (Å²) >= 11 is 0. The third-order valence-corrected chi connectivity index (χ3v) is 9.95. The van der Waals surface area contributed by atoms with E-state index < -0.39 is 11.8 Å². The first-order valence-corrected chi connectivity index (χ1v) is 17.7. The number of nitrogens with one attached hydrogen (secondary N) is 2. The average Bonchev–Trinajstić information content (AvgIpc) is 3.24. The number of anilines is 2. The molecular formula is C46H26N4O7. The number of phenolic OH excluding ortho intramolecular Hbond substituents is 1. The third-order valence-electron chi connectivity index (χ3n) is 9.95. The standard InChI is InChI=1S/C46H26N4O7/c51-39-18-13-24-7-1-2-8-30(24)40(39)50-49-29-20-25(45(56)47-27-14-16-35-37(22-27)43(54)33-11-5-3-9-31(33)41(35)52)19-26(21-29)46(57)48-28-15-17-36-38(23-28)44(55)34-12-6-4-10-32(34)42(36)53/h1-23,51H,(H,47,56)(H,48,57). The van der Waals surface area contributed by atoms with Gasteiger partial charge in [-0.25, -0.2) is 0 Å². The highest BCUT2D eigenvalue weighted by Crippen LogP contribution is 2.37. The Balaban J connectivity index is 1.06. The Hall–Kier alpha value is -8.18. The first-order chi connectivity index (χ1) is 27.6. The molecule has 11 nitrogen and oxygen atoms in total. The van der Waals surface area contributed by atoms with E-state index >= 15 is 0 Å². The second kappa shape index (κ2) is 13.6. The van der Waals surface area contributed by atoms with Gasteiger partial charge < -0.3 is 15.7 Å². The number of amides is 2. The smallest absolute Gasteiger partial charge is 0.255 e. The summed E-state index contributed by atoms with van der Waals surface area (Å²) in [5, 5.41) is 26.2. The van der Waals surface area contributed by atoms with Crippen molar-refractivity contribution >= 4 is 68.5 Å². The number of hydrogen-bond donors (Lipinski definition) is 3. The molecule has 2 aliphatic carbocycles. The zero-order chi connectivity index (χ0) is 39.4. The molecule has 7 aromatic rings. The molecule has 0 radical (unpaired) electrons. The predicted octanol–water partition coefficient (Wildman–Crippen LogP) is 9.02. The Morgan fingerprint density at radius 2 is 0.877 bits per heavy atom. The van der Waals surface area contributed by atoms with Crippen LogP contribution in [0.1, 0.15) is 84.4 Å². The Bertz CT molecular complexity index is 2850. The van der Waals surface area contributed by atoms with Crippen LogP contribution in [0.15, 0.2) is 150 Å². The highest BCUT2D eigenvalue weighted by atomic mass is 16.3. The second-order valence-electron chi connectivity index (χ2n) is 13.5. The van der Waals surface area contributed by atoms with Crippen LogP contribution in [0.5, 0.6) is 5.75 Å². The summed E-state index contributed by atoms with van der Waals surface area (Å²) in [5.41, 5.74) is 2.57. The molecule has 0 heterocycles. The van der Waals surface area contributed by atoms with E-state index in [1.165, 1.54) is 60.7 Å². The molecule has 272 valence electrons. The number of nitrogens with zero attached hydrogens (tertiary/aromatic N) is 2. The van der Waals surface area contributed by atoms with Crippen LogP contribution >= 0.6 is 0 Å². The van der Waals surface area contributed by atoms with E-state index in [2.05, 4.69) is 20.9 Å². The first-order valence-electron chi connectivity index (χ1n) is 17.7. The summed E-state index contributed by atoms with van der Waals surface area (Å²) in [7, 11) is 0. The maximum Gasteiger partial charge on any atom is 0.255 e. The highest BCUT2D eigenvalue weighted by Gasteiger charge is 2.31. The predicted molar refractivity (Wildman–Crippen MR) is 212 cm³/mol. The number of benzene rings is 7. The van der Waals surface area contributed by atoms with E-state index in [-0.39, 0.29) is 96.1 Å². The molecule has 0 saturated carbocycles. The van der Waals surface area contributed by atoms with Crippen molar-refractivity contribution in [2.24, 2.45) is 10.2 Å². The van der Waals surface area contributed by atoms with Crippen molar-refractivity contribution in [1.29, 1.82) is 0 Å². The molecule has 11 heteroatoms. The lowest BCUT2D eigenvalue weighted by Crippen LogP contribution is -2.22. The van der Waals surface area contributed by atoms with Gasteiger partial charge in [0, 0.05) is 72.4 Å². The third kappa shape index (κ3) is 6.05. The maximum absolute atomic E-state index is 13.9. The lowest BCUT2D eigenvalue weighted by molar-refractivity contribution is 0.0979. The van der Waals surface area contributed by atoms with Gasteiger partial charge in [0.2, 0.25) is 0 Å². The van der Waals surface area contributed by atoms with Gasteiger partial charge in [0.25, 0.3) is 11.8 Å². The minimum Gasteiger partial charge on any atom is -0.506 e. The lowest BCUT2D eigenvalue weighted by atomic mass is 9.84. The van der Waals surface area contributed by atoms with Crippen LogP contribution < -0.4 is 10.6 Å². The minimum absolute atomic E-state index is 0.00738. The largest absolute Gasteiger partial charge is 0.506 e. The minimum atomic E-state index is -0.666. The second-order valence-corrected chi connectivity index (χ2v) is 13.5. The molecule has 0 aliphatic heterocycles. The monoisotopic (exact) mass is 746 g/mol. The SMILES string of the molecule is O=C(Nc1ccc2c(c1)C(=O)c1ccccc1C2=O)c1cc(N=Nc2c(O)ccc3ccccc23)cc(C(=O)Nc2ccc3c(c2)C(=O)c2ccccc2C3=O)c1. The Labute approximate surface area is 323 Å². The highest BCUT2D eigenvalue weighted by molar-refractivity contribution is 6.29. The van der Waals surface area contributed by atoms with Gasteiger partial charge in [0.1, 0.15) is 11.4 Å². The van der Waals surface area contributed by atoms with Gasteiger partial charge in [-0.05, 0) is 66.0 Å². The lowest BCUT2D eigenvalue weighted by Gasteiger charge is -2.18. The number of carbonyl (C=O) groups is 6. The number of hydrogen-bond acceptors (Lipinski definition) is 9. The van der Waals surface area contributed by atoms with E-state index in [1.54, 1.807) is 66.7 Å². The Morgan fingerprint density at radius 1 is 0.439 bits per heavy atom. The quantitative estimate of drug-likeness (QED) is 0.143. The number of fused-ring (bicyclic) bond motifs is 5. The van der Waals surface area contributed by atoms with Gasteiger partial charge in [0.15, 0.2) is 23.1 Å². The van der Waals surface area contributed by atoms with Gasteiger partial charge in [-0.3, -0.25) is 28.8 Å². The Kier molecular flexibility index (Phi) is 8.25. The van der Waals surface area contributed by atoms with Crippen molar-refractivity contribution in [3.05, 3.63) is 195 Å². The van der Waals surface area contributed by atoms with Gasteiger partial charge in [-0.15, -0.1) is 5.11 Å². The van der Waals surface area contributed by atoms with E-state index in [9.17, 15) is 33.9 Å². The maximum atomic E-state index is 13.9. The number of phenols is 1. The van der Waals surface area contributed by atoms with E-state index in [4.69, 9.17) is 0 Å². The zero-order valence-corrected chi connectivity index (χ0v) is 29.6. The number of ketones is 4. The van der Waals surface area contributed by atoms with Crippen LogP contribution in [0.4, 0.5) is 22.7 Å². The molecule has 0 bridgehead atoms. The number of carbonyl (C=O) groups excluding carboxylic acids is 6. The molecule has 0 saturated heterocycles. The molecule has 2 amide bonds. The molecule has 57 heavy (non-hydrogen) atoms. The van der Waals surface area contributed by atoms with Crippen LogP contribution in [0, 0.1) is 0 Å². The van der Waals surface area contributed by atoms with Crippen LogP contribution in [-0.4, -0.2) is 40.1 Å². The Morgan fingerprint density at radius 3 is 1.39 bits per heavy atom. The summed E-state index contributed by atoms with van der Waals surface area (Å²) in [5.74, 6) is -2.78. The van der Waals surface area contributed by atoms with Crippen LogP contribution in [0.3, 0.4) is 0 Å². The van der Waals surface area contributed by atoms with Gasteiger partial charge in [-0.1, -0.05) is 78.9 Å².